The zero-order valence-electron chi connectivity index (χ0n) is 16.3. The Labute approximate surface area is 184 Å². The minimum Gasteiger partial charge on any atom is -0.476 e. The topological polar surface area (TPSA) is 67.8 Å². The summed E-state index contributed by atoms with van der Waals surface area (Å²) in [7, 11) is 1.79. The Morgan fingerprint density at radius 2 is 2.04 bits per heavy atom. The van der Waals surface area contributed by atoms with Gasteiger partial charge in [0.1, 0.15) is 6.61 Å². The van der Waals surface area contributed by atoms with Crippen molar-refractivity contribution in [2.45, 2.75) is 39.0 Å². The SMILES string of the molecule is CCOCCC1(CNC(=NC)NCCOc2ccc(Cl)cn2)CCCC1.I. The van der Waals surface area contributed by atoms with Gasteiger partial charge in [-0.1, -0.05) is 24.4 Å². The molecule has 0 radical (unpaired) electrons. The van der Waals surface area contributed by atoms with Crippen molar-refractivity contribution in [3.8, 4) is 5.88 Å². The second-order valence-corrected chi connectivity index (χ2v) is 7.11. The fourth-order valence-electron chi connectivity index (χ4n) is 3.34. The first-order chi connectivity index (χ1) is 12.7. The summed E-state index contributed by atoms with van der Waals surface area (Å²) in [5.74, 6) is 1.38. The molecule has 0 saturated heterocycles. The molecule has 1 aromatic heterocycles. The summed E-state index contributed by atoms with van der Waals surface area (Å²) in [4.78, 5) is 8.42. The molecule has 0 atom stereocenters. The molecule has 154 valence electrons. The van der Waals surface area contributed by atoms with Crippen LogP contribution in [0, 0.1) is 5.41 Å². The molecule has 6 nitrogen and oxygen atoms in total. The highest BCUT2D eigenvalue weighted by atomic mass is 127. The molecule has 1 heterocycles. The Morgan fingerprint density at radius 3 is 2.67 bits per heavy atom. The number of ether oxygens (including phenoxy) is 2. The largest absolute Gasteiger partial charge is 0.476 e. The van der Waals surface area contributed by atoms with E-state index in [1.807, 2.05) is 6.92 Å². The molecule has 2 rings (SSSR count). The van der Waals surface area contributed by atoms with Crippen molar-refractivity contribution >= 4 is 41.5 Å². The van der Waals surface area contributed by atoms with Crippen molar-refractivity contribution in [2.75, 3.05) is 40.0 Å². The summed E-state index contributed by atoms with van der Waals surface area (Å²) in [5, 5.41) is 7.37. The average Bonchev–Trinajstić information content (AvgIpc) is 3.12. The quantitative estimate of drug-likeness (QED) is 0.216. The lowest BCUT2D eigenvalue weighted by Crippen LogP contribution is -2.44. The van der Waals surface area contributed by atoms with Gasteiger partial charge < -0.3 is 20.1 Å². The number of nitrogens with one attached hydrogen (secondary N) is 2. The van der Waals surface area contributed by atoms with Crippen LogP contribution in [-0.2, 0) is 4.74 Å². The van der Waals surface area contributed by atoms with E-state index in [0.717, 1.165) is 32.1 Å². The lowest BCUT2D eigenvalue weighted by molar-refractivity contribution is 0.105. The number of guanidine groups is 1. The maximum absolute atomic E-state index is 5.81. The lowest BCUT2D eigenvalue weighted by atomic mass is 9.83. The standard InChI is InChI=1S/C19H31ClN4O2.HI/c1-3-25-12-10-19(8-4-5-9-19)15-24-18(21-2)22-11-13-26-17-7-6-16(20)14-23-17;/h6-7,14H,3-5,8-13,15H2,1-2H3,(H2,21,22,24);1H. The summed E-state index contributed by atoms with van der Waals surface area (Å²) < 4.78 is 11.2. The van der Waals surface area contributed by atoms with Crippen LogP contribution < -0.4 is 15.4 Å². The van der Waals surface area contributed by atoms with Gasteiger partial charge in [-0.2, -0.15) is 0 Å². The van der Waals surface area contributed by atoms with E-state index < -0.39 is 0 Å². The van der Waals surface area contributed by atoms with Crippen molar-refractivity contribution in [1.82, 2.24) is 15.6 Å². The Balaban J connectivity index is 0.00000364. The minimum atomic E-state index is 0. The van der Waals surface area contributed by atoms with Gasteiger partial charge in [-0.3, -0.25) is 4.99 Å². The van der Waals surface area contributed by atoms with Gasteiger partial charge in [0.05, 0.1) is 11.6 Å². The van der Waals surface area contributed by atoms with Crippen LogP contribution in [0.25, 0.3) is 0 Å². The molecule has 0 aliphatic heterocycles. The first-order valence-electron chi connectivity index (χ1n) is 9.44. The highest BCUT2D eigenvalue weighted by molar-refractivity contribution is 14.0. The minimum absolute atomic E-state index is 0. The molecule has 1 fully saturated rings. The Kier molecular flexibility index (Phi) is 12.0. The molecule has 1 aromatic rings. The van der Waals surface area contributed by atoms with Gasteiger partial charge in [-0.25, -0.2) is 4.98 Å². The predicted molar refractivity (Wildman–Crippen MR) is 122 cm³/mol. The number of aliphatic imine (C=N–C) groups is 1. The third kappa shape index (κ3) is 8.83. The van der Waals surface area contributed by atoms with Gasteiger partial charge in [0, 0.05) is 39.1 Å². The highest BCUT2D eigenvalue weighted by Crippen LogP contribution is 2.40. The zero-order valence-corrected chi connectivity index (χ0v) is 19.4. The van der Waals surface area contributed by atoms with Crippen molar-refractivity contribution in [3.63, 3.8) is 0 Å². The molecule has 27 heavy (non-hydrogen) atoms. The molecule has 1 aliphatic carbocycles. The van der Waals surface area contributed by atoms with Crippen LogP contribution in [0.1, 0.15) is 39.0 Å². The van der Waals surface area contributed by atoms with Gasteiger partial charge in [-0.15, -0.1) is 24.0 Å². The number of aromatic nitrogens is 1. The molecule has 2 N–H and O–H groups in total. The summed E-state index contributed by atoms with van der Waals surface area (Å²) in [6, 6.07) is 3.53. The normalized spacial score (nSPS) is 15.9. The Hall–Kier alpha value is -0.800. The predicted octanol–water partition coefficient (Wildman–Crippen LogP) is 3.88. The average molecular weight is 511 g/mol. The maximum Gasteiger partial charge on any atom is 0.213 e. The monoisotopic (exact) mass is 510 g/mol. The van der Waals surface area contributed by atoms with Crippen LogP contribution in [0.3, 0.4) is 0 Å². The van der Waals surface area contributed by atoms with Crippen LogP contribution in [0.5, 0.6) is 5.88 Å². The second kappa shape index (κ2) is 13.4. The molecule has 0 aromatic carbocycles. The molecule has 0 unspecified atom stereocenters. The molecule has 1 aliphatic rings. The number of rotatable bonds is 10. The molecule has 0 bridgehead atoms. The van der Waals surface area contributed by atoms with E-state index in [1.54, 1.807) is 25.4 Å². The second-order valence-electron chi connectivity index (χ2n) is 6.67. The summed E-state index contributed by atoms with van der Waals surface area (Å²) in [5.41, 5.74) is 0.330. The fraction of sp³-hybridized carbons (Fsp3) is 0.684. The van der Waals surface area contributed by atoms with E-state index in [0.29, 0.717) is 29.5 Å². The van der Waals surface area contributed by atoms with Gasteiger partial charge in [-0.05, 0) is 37.7 Å². The van der Waals surface area contributed by atoms with Crippen LogP contribution in [0.2, 0.25) is 5.02 Å². The lowest BCUT2D eigenvalue weighted by Gasteiger charge is -2.30. The first-order valence-corrected chi connectivity index (χ1v) is 9.82. The van der Waals surface area contributed by atoms with Crippen LogP contribution in [0.15, 0.2) is 23.3 Å². The van der Waals surface area contributed by atoms with E-state index in [9.17, 15) is 0 Å². The first kappa shape index (κ1) is 24.2. The van der Waals surface area contributed by atoms with Crippen molar-refractivity contribution in [1.29, 1.82) is 0 Å². The van der Waals surface area contributed by atoms with Gasteiger partial charge in [0.25, 0.3) is 0 Å². The van der Waals surface area contributed by atoms with E-state index in [2.05, 4.69) is 20.6 Å². The number of nitrogens with zero attached hydrogens (tertiary/aromatic N) is 2. The van der Waals surface area contributed by atoms with E-state index in [-0.39, 0.29) is 24.0 Å². The van der Waals surface area contributed by atoms with E-state index in [1.165, 1.54) is 25.7 Å². The van der Waals surface area contributed by atoms with E-state index >= 15 is 0 Å². The van der Waals surface area contributed by atoms with Gasteiger partial charge in [0.2, 0.25) is 5.88 Å². The number of hydrogen-bond donors (Lipinski definition) is 2. The molecule has 0 amide bonds. The molecular weight excluding hydrogens is 479 g/mol. The molecule has 0 spiro atoms. The molecular formula is C19H32ClIN4O2. The Morgan fingerprint density at radius 1 is 1.26 bits per heavy atom. The molecule has 8 heteroatoms. The van der Waals surface area contributed by atoms with Gasteiger partial charge in [0.15, 0.2) is 5.96 Å². The third-order valence-electron chi connectivity index (χ3n) is 4.84. The van der Waals surface area contributed by atoms with Gasteiger partial charge >= 0.3 is 0 Å². The van der Waals surface area contributed by atoms with Crippen LogP contribution in [-0.4, -0.2) is 50.9 Å². The Bertz CT molecular complexity index is 551. The maximum atomic E-state index is 5.81. The zero-order chi connectivity index (χ0) is 18.7. The summed E-state index contributed by atoms with van der Waals surface area (Å²) >= 11 is 5.81. The highest BCUT2D eigenvalue weighted by Gasteiger charge is 2.33. The van der Waals surface area contributed by atoms with Crippen molar-refractivity contribution < 1.29 is 9.47 Å². The van der Waals surface area contributed by atoms with Crippen molar-refractivity contribution in [2.24, 2.45) is 10.4 Å². The molecule has 1 saturated carbocycles. The van der Waals surface area contributed by atoms with E-state index in [4.69, 9.17) is 21.1 Å². The van der Waals surface area contributed by atoms with Crippen LogP contribution in [0.4, 0.5) is 0 Å². The number of hydrogen-bond acceptors (Lipinski definition) is 4. The fourth-order valence-corrected chi connectivity index (χ4v) is 3.45. The summed E-state index contributed by atoms with van der Waals surface area (Å²) in [6.07, 6.45) is 7.82. The summed E-state index contributed by atoms with van der Waals surface area (Å²) in [6.45, 7) is 5.76. The van der Waals surface area contributed by atoms with Crippen molar-refractivity contribution in [3.05, 3.63) is 23.4 Å². The number of pyridine rings is 1. The van der Waals surface area contributed by atoms with Crippen LogP contribution >= 0.6 is 35.6 Å². The third-order valence-corrected chi connectivity index (χ3v) is 5.07. The number of halogens is 2. The smallest absolute Gasteiger partial charge is 0.213 e.